The third-order valence-corrected chi connectivity index (χ3v) is 9.74. The maximum atomic E-state index is 13.5. The van der Waals surface area contributed by atoms with E-state index in [0.717, 1.165) is 42.2 Å². The maximum Gasteiger partial charge on any atom is 0.416 e. The normalized spacial score (nSPS) is 16.8. The van der Waals surface area contributed by atoms with Gasteiger partial charge in [-0.05, 0) is 66.0 Å². The van der Waals surface area contributed by atoms with Crippen molar-refractivity contribution in [2.45, 2.75) is 49.9 Å². The molecule has 2 N–H and O–H groups in total. The van der Waals surface area contributed by atoms with Gasteiger partial charge in [-0.2, -0.15) is 13.2 Å². The Balaban J connectivity index is 1.16. The van der Waals surface area contributed by atoms with Crippen LogP contribution in [0.4, 0.5) is 13.2 Å². The van der Waals surface area contributed by atoms with Crippen LogP contribution in [0.25, 0.3) is 21.2 Å². The van der Waals surface area contributed by atoms with Gasteiger partial charge in [-0.1, -0.05) is 54.6 Å². The van der Waals surface area contributed by atoms with Gasteiger partial charge in [0.15, 0.2) is 6.10 Å². The van der Waals surface area contributed by atoms with Crippen molar-refractivity contribution in [3.63, 3.8) is 0 Å². The highest BCUT2D eigenvalue weighted by Crippen LogP contribution is 2.53. The lowest BCUT2D eigenvalue weighted by atomic mass is 9.91. The summed E-state index contributed by atoms with van der Waals surface area (Å²) in [5, 5.41) is 14.1. The zero-order chi connectivity index (χ0) is 30.6. The number of hydrogen-bond acceptors (Lipinski definition) is 5. The van der Waals surface area contributed by atoms with E-state index in [4.69, 9.17) is 4.98 Å². The summed E-state index contributed by atoms with van der Waals surface area (Å²) in [7, 11) is 0. The molecule has 2 aliphatic rings. The molecule has 0 bridgehead atoms. The highest BCUT2D eigenvalue weighted by Gasteiger charge is 2.49. The van der Waals surface area contributed by atoms with Gasteiger partial charge in [0.25, 0.3) is 11.5 Å². The number of rotatable bonds is 5. The maximum absolute atomic E-state index is 13.5. The molecule has 0 saturated heterocycles. The van der Waals surface area contributed by atoms with E-state index in [9.17, 15) is 27.9 Å². The standard InChI is InChI=1S/C34H28F3N3O3S/c35-34(36,37)23-9-4-7-21(17-23)29(41)31(43)40-15-5-11-27-25(18-40)30(42)39-32(38-27)33(13-14-33)22-8-3-6-20(16-22)26-19-44-28-12-2-1-10-24(26)28/h1-4,6-10,12,16-17,19,29,41H,5,11,13-15,18H2,(H,38,39,42). The summed E-state index contributed by atoms with van der Waals surface area (Å²) in [6.45, 7) is 0.155. The number of hydrogen-bond donors (Lipinski definition) is 2. The summed E-state index contributed by atoms with van der Waals surface area (Å²) >= 11 is 1.71. The minimum Gasteiger partial charge on any atom is -0.378 e. The summed E-state index contributed by atoms with van der Waals surface area (Å²) in [5.74, 6) is -0.144. The number of nitrogens with zero attached hydrogens (tertiary/aromatic N) is 2. The number of H-pyrrole nitrogens is 1. The summed E-state index contributed by atoms with van der Waals surface area (Å²) in [4.78, 5) is 36.0. The predicted octanol–water partition coefficient (Wildman–Crippen LogP) is 6.76. The number of aromatic nitrogens is 2. The van der Waals surface area contributed by atoms with Gasteiger partial charge >= 0.3 is 6.18 Å². The first-order chi connectivity index (χ1) is 21.1. The van der Waals surface area contributed by atoms with E-state index in [1.54, 1.807) is 11.3 Å². The smallest absolute Gasteiger partial charge is 0.378 e. The Labute approximate surface area is 254 Å². The van der Waals surface area contributed by atoms with Crippen molar-refractivity contribution in [2.24, 2.45) is 0 Å². The van der Waals surface area contributed by atoms with E-state index in [2.05, 4.69) is 40.7 Å². The lowest BCUT2D eigenvalue weighted by molar-refractivity contribution is -0.142. The van der Waals surface area contributed by atoms with Gasteiger partial charge in [0.05, 0.1) is 28.8 Å². The van der Waals surface area contributed by atoms with Crippen LogP contribution in [0.3, 0.4) is 0 Å². The second-order valence-corrected chi connectivity index (χ2v) is 12.4. The number of nitrogens with one attached hydrogen (secondary N) is 1. The van der Waals surface area contributed by atoms with Gasteiger partial charge < -0.3 is 15.0 Å². The zero-order valence-corrected chi connectivity index (χ0v) is 24.3. The van der Waals surface area contributed by atoms with Crippen LogP contribution in [0.1, 0.15) is 59.1 Å². The van der Waals surface area contributed by atoms with E-state index >= 15 is 0 Å². The molecule has 1 amide bonds. The number of fused-ring (bicyclic) bond motifs is 2. The molecule has 7 rings (SSSR count). The van der Waals surface area contributed by atoms with Crippen molar-refractivity contribution in [2.75, 3.05) is 6.54 Å². The van der Waals surface area contributed by atoms with Crippen LogP contribution in [0.2, 0.25) is 0 Å². The van der Waals surface area contributed by atoms with Crippen LogP contribution in [0.15, 0.2) is 83.0 Å². The summed E-state index contributed by atoms with van der Waals surface area (Å²) in [6, 6.07) is 20.8. The van der Waals surface area contributed by atoms with Crippen LogP contribution in [-0.2, 0) is 29.4 Å². The fourth-order valence-electron chi connectivity index (χ4n) is 6.21. The van der Waals surface area contributed by atoms with Crippen molar-refractivity contribution in [3.8, 4) is 11.1 Å². The van der Waals surface area contributed by atoms with Crippen LogP contribution >= 0.6 is 11.3 Å². The molecule has 6 nitrogen and oxygen atoms in total. The Morgan fingerprint density at radius 2 is 1.84 bits per heavy atom. The zero-order valence-electron chi connectivity index (χ0n) is 23.5. The fourth-order valence-corrected chi connectivity index (χ4v) is 7.18. The Morgan fingerprint density at radius 1 is 1.05 bits per heavy atom. The van der Waals surface area contributed by atoms with Gasteiger partial charge in [-0.15, -0.1) is 11.3 Å². The number of benzene rings is 3. The van der Waals surface area contributed by atoms with Crippen molar-refractivity contribution in [1.29, 1.82) is 0 Å². The number of aliphatic hydroxyl groups excluding tert-OH is 1. The Bertz CT molecular complexity index is 1960. The van der Waals surface area contributed by atoms with E-state index in [-0.39, 0.29) is 24.2 Å². The third kappa shape index (κ3) is 5.01. The average Bonchev–Trinajstić information content (AvgIpc) is 3.77. The molecule has 5 aromatic rings. The fraction of sp³-hybridized carbons (Fsp3) is 0.265. The number of aryl methyl sites for hydroxylation is 1. The summed E-state index contributed by atoms with van der Waals surface area (Å²) in [6.07, 6.45) is -3.74. The molecule has 1 aliphatic carbocycles. The molecule has 1 aliphatic heterocycles. The van der Waals surface area contributed by atoms with Crippen molar-refractivity contribution >= 4 is 27.3 Å². The molecule has 1 unspecified atom stereocenters. The topological polar surface area (TPSA) is 86.3 Å². The number of carbonyl (C=O) groups is 1. The van der Waals surface area contributed by atoms with E-state index in [1.165, 1.54) is 26.6 Å². The Morgan fingerprint density at radius 3 is 2.64 bits per heavy atom. The van der Waals surface area contributed by atoms with Gasteiger partial charge in [-0.25, -0.2) is 4.98 Å². The molecule has 224 valence electrons. The SMILES string of the molecule is O=C(C(O)c1cccc(C(F)(F)F)c1)N1CCCc2nc(C3(c4cccc(-c5csc6ccccc56)c4)CC3)[nH]c(=O)c2C1. The number of aliphatic hydroxyl groups is 1. The highest BCUT2D eigenvalue weighted by molar-refractivity contribution is 7.17. The van der Waals surface area contributed by atoms with Crippen molar-refractivity contribution < 1.29 is 23.1 Å². The number of halogens is 3. The molecule has 0 spiro atoms. The first-order valence-electron chi connectivity index (χ1n) is 14.5. The van der Waals surface area contributed by atoms with Gasteiger partial charge in [0.1, 0.15) is 5.82 Å². The molecule has 1 fully saturated rings. The van der Waals surface area contributed by atoms with E-state index < -0.39 is 29.2 Å². The molecule has 2 aromatic heterocycles. The molecule has 1 atom stereocenters. The molecule has 10 heteroatoms. The predicted molar refractivity (Wildman–Crippen MR) is 162 cm³/mol. The quantitative estimate of drug-likeness (QED) is 0.229. The van der Waals surface area contributed by atoms with Crippen LogP contribution in [0.5, 0.6) is 0 Å². The van der Waals surface area contributed by atoms with Gasteiger partial charge in [-0.3, -0.25) is 9.59 Å². The van der Waals surface area contributed by atoms with Gasteiger partial charge in [0.2, 0.25) is 0 Å². The second-order valence-electron chi connectivity index (χ2n) is 11.5. The minimum absolute atomic E-state index is 0.0828. The minimum atomic E-state index is -4.60. The monoisotopic (exact) mass is 615 g/mol. The first-order valence-corrected chi connectivity index (χ1v) is 15.4. The van der Waals surface area contributed by atoms with E-state index in [0.29, 0.717) is 29.9 Å². The van der Waals surface area contributed by atoms with Crippen LogP contribution in [-0.4, -0.2) is 32.4 Å². The number of thiophene rings is 1. The Hall–Kier alpha value is -4.28. The lowest BCUT2D eigenvalue weighted by Crippen LogP contribution is -2.36. The summed E-state index contributed by atoms with van der Waals surface area (Å²) < 4.78 is 40.8. The average molecular weight is 616 g/mol. The Kier molecular flexibility index (Phi) is 6.93. The first kappa shape index (κ1) is 28.5. The van der Waals surface area contributed by atoms with Crippen LogP contribution in [0, 0.1) is 0 Å². The molecule has 3 heterocycles. The molecular weight excluding hydrogens is 587 g/mol. The third-order valence-electron chi connectivity index (χ3n) is 8.78. The number of amides is 1. The van der Waals surface area contributed by atoms with E-state index in [1.807, 2.05) is 18.2 Å². The van der Waals surface area contributed by atoms with Gasteiger partial charge in [0, 0.05) is 22.2 Å². The largest absolute Gasteiger partial charge is 0.416 e. The molecule has 0 radical (unpaired) electrons. The summed E-state index contributed by atoms with van der Waals surface area (Å²) in [5.41, 5.74) is 2.47. The van der Waals surface area contributed by atoms with Crippen molar-refractivity contribution in [1.82, 2.24) is 14.9 Å². The number of carbonyl (C=O) groups excluding carboxylic acids is 1. The lowest BCUT2D eigenvalue weighted by Gasteiger charge is -2.24. The van der Waals surface area contributed by atoms with Crippen LogP contribution < -0.4 is 5.56 Å². The van der Waals surface area contributed by atoms with Crippen molar-refractivity contribution in [3.05, 3.63) is 122 Å². The highest BCUT2D eigenvalue weighted by atomic mass is 32.1. The number of aromatic amines is 1. The molecule has 3 aromatic carbocycles. The molecule has 44 heavy (non-hydrogen) atoms. The molecular formula is C34H28F3N3O3S. The number of alkyl halides is 3. The second kappa shape index (κ2) is 10.7. The molecule has 1 saturated carbocycles.